The average Bonchev–Trinajstić information content (AvgIpc) is 2.59. The van der Waals surface area contributed by atoms with Crippen molar-refractivity contribution in [2.75, 3.05) is 11.9 Å². The molecule has 5 nitrogen and oxygen atoms in total. The summed E-state index contributed by atoms with van der Waals surface area (Å²) in [6.45, 7) is 7.46. The highest BCUT2D eigenvalue weighted by Crippen LogP contribution is 2.19. The fraction of sp³-hybridized carbons (Fsp3) is 0.368. The van der Waals surface area contributed by atoms with Gasteiger partial charge in [-0.3, -0.25) is 0 Å². The highest BCUT2D eigenvalue weighted by Gasteiger charge is 2.05. The zero-order chi connectivity index (χ0) is 17.4. The van der Waals surface area contributed by atoms with Crippen molar-refractivity contribution in [3.63, 3.8) is 0 Å². The van der Waals surface area contributed by atoms with Crippen molar-refractivity contribution in [2.45, 2.75) is 39.7 Å². The van der Waals surface area contributed by atoms with Crippen molar-refractivity contribution in [2.24, 2.45) is 10.7 Å². The molecule has 2 aromatic rings. The Kier molecular flexibility index (Phi) is 6.61. The van der Waals surface area contributed by atoms with Gasteiger partial charge in [0.15, 0.2) is 5.96 Å². The Bertz CT molecular complexity index is 683. The number of hydrogen-bond acceptors (Lipinski definition) is 3. The van der Waals surface area contributed by atoms with Gasteiger partial charge in [0.1, 0.15) is 0 Å². The van der Waals surface area contributed by atoms with Gasteiger partial charge in [-0.05, 0) is 36.1 Å². The van der Waals surface area contributed by atoms with Crippen molar-refractivity contribution in [1.82, 2.24) is 4.98 Å². The standard InChI is InChI=1S/C19H26N4O/c1-4-11-24-18-16(8-6-10-21-18)13-22-19(20)23-17-9-5-7-15(12-17)14(2)3/h5-10,12,14H,4,11,13H2,1-3H3,(H3,20,22,23). The van der Waals surface area contributed by atoms with Gasteiger partial charge >= 0.3 is 0 Å². The first kappa shape index (κ1) is 17.8. The minimum Gasteiger partial charge on any atom is -0.477 e. The van der Waals surface area contributed by atoms with Gasteiger partial charge in [0.05, 0.1) is 13.2 Å². The Labute approximate surface area is 144 Å². The Morgan fingerprint density at radius 2 is 2.12 bits per heavy atom. The van der Waals surface area contributed by atoms with Crippen molar-refractivity contribution in [1.29, 1.82) is 0 Å². The van der Waals surface area contributed by atoms with Crippen molar-refractivity contribution < 1.29 is 4.74 Å². The van der Waals surface area contributed by atoms with Crippen LogP contribution in [0.2, 0.25) is 0 Å². The molecule has 0 radical (unpaired) electrons. The molecule has 0 atom stereocenters. The van der Waals surface area contributed by atoms with Crippen molar-refractivity contribution >= 4 is 11.6 Å². The van der Waals surface area contributed by atoms with E-state index in [4.69, 9.17) is 10.5 Å². The number of guanidine groups is 1. The van der Waals surface area contributed by atoms with Gasteiger partial charge < -0.3 is 15.8 Å². The van der Waals surface area contributed by atoms with Crippen LogP contribution in [0.1, 0.15) is 44.2 Å². The fourth-order valence-corrected chi connectivity index (χ4v) is 2.21. The molecular weight excluding hydrogens is 300 g/mol. The number of hydrogen-bond donors (Lipinski definition) is 2. The fourth-order valence-electron chi connectivity index (χ4n) is 2.21. The largest absolute Gasteiger partial charge is 0.477 e. The number of nitrogens with one attached hydrogen (secondary N) is 1. The minimum atomic E-state index is 0.376. The first-order chi connectivity index (χ1) is 11.6. The van der Waals surface area contributed by atoms with Crippen LogP contribution < -0.4 is 15.8 Å². The molecule has 0 spiro atoms. The van der Waals surface area contributed by atoms with E-state index >= 15 is 0 Å². The molecule has 3 N–H and O–H groups in total. The lowest BCUT2D eigenvalue weighted by Crippen LogP contribution is -2.22. The van der Waals surface area contributed by atoms with E-state index in [-0.39, 0.29) is 0 Å². The summed E-state index contributed by atoms with van der Waals surface area (Å²) < 4.78 is 5.64. The Balaban J connectivity index is 2.03. The average molecular weight is 326 g/mol. The predicted molar refractivity (Wildman–Crippen MR) is 99.5 cm³/mol. The molecule has 1 heterocycles. The smallest absolute Gasteiger partial charge is 0.218 e. The summed E-state index contributed by atoms with van der Waals surface area (Å²) in [5.41, 5.74) is 9.13. The van der Waals surface area contributed by atoms with Gasteiger partial charge in [-0.2, -0.15) is 0 Å². The van der Waals surface area contributed by atoms with Crippen LogP contribution in [0, 0.1) is 0 Å². The van der Waals surface area contributed by atoms with E-state index in [0.29, 0.717) is 30.9 Å². The second-order valence-electron chi connectivity index (χ2n) is 5.92. The maximum Gasteiger partial charge on any atom is 0.218 e. The van der Waals surface area contributed by atoms with Gasteiger partial charge in [-0.25, -0.2) is 9.98 Å². The van der Waals surface area contributed by atoms with Crippen molar-refractivity contribution in [3.05, 3.63) is 53.7 Å². The Morgan fingerprint density at radius 1 is 1.29 bits per heavy atom. The second kappa shape index (κ2) is 8.91. The third-order valence-corrected chi connectivity index (χ3v) is 3.54. The molecule has 0 fully saturated rings. The maximum absolute atomic E-state index is 6.01. The highest BCUT2D eigenvalue weighted by molar-refractivity contribution is 5.92. The molecule has 0 aliphatic carbocycles. The molecule has 0 amide bonds. The van der Waals surface area contributed by atoms with E-state index in [1.165, 1.54) is 5.56 Å². The molecule has 0 aliphatic heterocycles. The molecule has 0 saturated heterocycles. The molecular formula is C19H26N4O. The van der Waals surface area contributed by atoms with E-state index in [0.717, 1.165) is 17.7 Å². The van der Waals surface area contributed by atoms with E-state index in [2.05, 4.69) is 48.2 Å². The van der Waals surface area contributed by atoms with E-state index < -0.39 is 0 Å². The molecule has 5 heteroatoms. The molecule has 0 saturated carbocycles. The van der Waals surface area contributed by atoms with Gasteiger partial charge in [0, 0.05) is 17.4 Å². The van der Waals surface area contributed by atoms with Crippen LogP contribution in [-0.4, -0.2) is 17.6 Å². The molecule has 1 aromatic heterocycles. The summed E-state index contributed by atoms with van der Waals surface area (Å²) in [6, 6.07) is 12.0. The molecule has 0 aliphatic rings. The van der Waals surface area contributed by atoms with Crippen LogP contribution in [0.15, 0.2) is 47.6 Å². The molecule has 2 rings (SSSR count). The van der Waals surface area contributed by atoms with E-state index in [1.54, 1.807) is 6.20 Å². The first-order valence-corrected chi connectivity index (χ1v) is 8.33. The number of nitrogens with two attached hydrogens (primary N) is 1. The number of aromatic nitrogens is 1. The van der Waals surface area contributed by atoms with E-state index in [1.807, 2.05) is 24.3 Å². The summed E-state index contributed by atoms with van der Waals surface area (Å²) in [4.78, 5) is 8.65. The van der Waals surface area contributed by atoms with Gasteiger partial charge in [-0.15, -0.1) is 0 Å². The van der Waals surface area contributed by atoms with Crippen LogP contribution >= 0.6 is 0 Å². The summed E-state index contributed by atoms with van der Waals surface area (Å²) >= 11 is 0. The molecule has 1 aromatic carbocycles. The van der Waals surface area contributed by atoms with Crippen LogP contribution in [-0.2, 0) is 6.54 Å². The Morgan fingerprint density at radius 3 is 2.88 bits per heavy atom. The second-order valence-corrected chi connectivity index (χ2v) is 5.92. The van der Waals surface area contributed by atoms with Crippen LogP contribution in [0.5, 0.6) is 5.88 Å². The van der Waals surface area contributed by atoms with Gasteiger partial charge in [0.2, 0.25) is 5.88 Å². The lowest BCUT2D eigenvalue weighted by Gasteiger charge is -2.11. The monoisotopic (exact) mass is 326 g/mol. The Hall–Kier alpha value is -2.56. The van der Waals surface area contributed by atoms with Gasteiger partial charge in [-0.1, -0.05) is 39.0 Å². The molecule has 0 unspecified atom stereocenters. The predicted octanol–water partition coefficient (Wildman–Crippen LogP) is 3.92. The zero-order valence-corrected chi connectivity index (χ0v) is 14.6. The third-order valence-electron chi connectivity index (χ3n) is 3.54. The lowest BCUT2D eigenvalue weighted by atomic mass is 10.0. The quantitative estimate of drug-likeness (QED) is 0.597. The van der Waals surface area contributed by atoms with Crippen LogP contribution in [0.25, 0.3) is 0 Å². The zero-order valence-electron chi connectivity index (χ0n) is 14.6. The molecule has 128 valence electrons. The SMILES string of the molecule is CCCOc1ncccc1CN=C(N)Nc1cccc(C(C)C)c1. The van der Waals surface area contributed by atoms with Gasteiger partial charge in [0.25, 0.3) is 0 Å². The lowest BCUT2D eigenvalue weighted by molar-refractivity contribution is 0.302. The number of rotatable bonds is 7. The number of aliphatic imine (C=N–C) groups is 1. The highest BCUT2D eigenvalue weighted by atomic mass is 16.5. The van der Waals surface area contributed by atoms with Crippen LogP contribution in [0.3, 0.4) is 0 Å². The molecule has 0 bridgehead atoms. The summed E-state index contributed by atoms with van der Waals surface area (Å²) in [5.74, 6) is 1.47. The van der Waals surface area contributed by atoms with Crippen molar-refractivity contribution in [3.8, 4) is 5.88 Å². The summed E-state index contributed by atoms with van der Waals surface area (Å²) in [7, 11) is 0. The number of benzene rings is 1. The summed E-state index contributed by atoms with van der Waals surface area (Å²) in [6.07, 6.45) is 2.66. The van der Waals surface area contributed by atoms with Crippen LogP contribution in [0.4, 0.5) is 5.69 Å². The first-order valence-electron chi connectivity index (χ1n) is 8.33. The number of pyridine rings is 1. The topological polar surface area (TPSA) is 72.5 Å². The normalized spacial score (nSPS) is 11.6. The summed E-state index contributed by atoms with van der Waals surface area (Å²) in [5, 5.41) is 3.14. The molecule has 24 heavy (non-hydrogen) atoms. The maximum atomic E-state index is 6.01. The number of nitrogens with zero attached hydrogens (tertiary/aromatic N) is 2. The van der Waals surface area contributed by atoms with E-state index in [9.17, 15) is 0 Å². The third kappa shape index (κ3) is 5.26. The minimum absolute atomic E-state index is 0.376. The number of anilines is 1. The number of ether oxygens (including phenoxy) is 1.